The highest BCUT2D eigenvalue weighted by atomic mass is 32.2. The zero-order valence-corrected chi connectivity index (χ0v) is 12.5. The molecule has 2 aromatic carbocycles. The highest BCUT2D eigenvalue weighted by Crippen LogP contribution is 2.26. The molecule has 2 N–H and O–H groups in total. The number of carbonyl (C=O) groups is 1. The van der Waals surface area contributed by atoms with E-state index in [0.29, 0.717) is 16.6 Å². The molecule has 1 aliphatic heterocycles. The van der Waals surface area contributed by atoms with E-state index in [-0.39, 0.29) is 11.7 Å². The van der Waals surface area contributed by atoms with Gasteiger partial charge in [-0.1, -0.05) is 42.5 Å². The maximum absolute atomic E-state index is 11.9. The van der Waals surface area contributed by atoms with Crippen molar-refractivity contribution in [2.45, 2.75) is 6.54 Å². The smallest absolute Gasteiger partial charge is 0.264 e. The molecule has 0 aromatic heterocycles. The zero-order chi connectivity index (χ0) is 15.4. The molecule has 0 aliphatic carbocycles. The predicted molar refractivity (Wildman–Crippen MR) is 89.4 cm³/mol. The monoisotopic (exact) mass is 310 g/mol. The van der Waals surface area contributed by atoms with Crippen LogP contribution in [0.15, 0.2) is 64.5 Å². The largest absolute Gasteiger partial charge is 0.508 e. The number of benzene rings is 2. The summed E-state index contributed by atoms with van der Waals surface area (Å²) >= 11 is 1.33. The Bertz CT molecular complexity index is 737. The molecule has 1 amide bonds. The molecule has 0 spiro atoms. The Balaban J connectivity index is 1.71. The number of hydrogen-bond acceptors (Lipinski definition) is 4. The van der Waals surface area contributed by atoms with Gasteiger partial charge in [-0.05, 0) is 41.1 Å². The number of thioether (sulfide) groups is 1. The molecule has 4 nitrogen and oxygen atoms in total. The second-order valence-corrected chi connectivity index (χ2v) is 5.79. The van der Waals surface area contributed by atoms with Crippen LogP contribution >= 0.6 is 11.8 Å². The van der Waals surface area contributed by atoms with Crippen LogP contribution in [0.25, 0.3) is 6.08 Å². The van der Waals surface area contributed by atoms with E-state index in [9.17, 15) is 9.90 Å². The van der Waals surface area contributed by atoms with E-state index in [1.807, 2.05) is 30.3 Å². The molecule has 0 unspecified atom stereocenters. The third-order valence-electron chi connectivity index (χ3n) is 3.09. The van der Waals surface area contributed by atoms with Gasteiger partial charge in [0.15, 0.2) is 5.17 Å². The van der Waals surface area contributed by atoms with Crippen LogP contribution in [-0.2, 0) is 11.3 Å². The fourth-order valence-corrected chi connectivity index (χ4v) is 2.79. The lowest BCUT2D eigenvalue weighted by molar-refractivity contribution is -0.115. The Kier molecular flexibility index (Phi) is 4.25. The minimum Gasteiger partial charge on any atom is -0.508 e. The number of nitrogens with zero attached hydrogens (tertiary/aromatic N) is 1. The van der Waals surface area contributed by atoms with Crippen LogP contribution in [0.5, 0.6) is 5.75 Å². The molecule has 0 atom stereocenters. The molecule has 1 fully saturated rings. The van der Waals surface area contributed by atoms with Gasteiger partial charge in [0.05, 0.1) is 11.4 Å². The molecule has 0 bridgehead atoms. The van der Waals surface area contributed by atoms with Gasteiger partial charge in [-0.2, -0.15) is 0 Å². The van der Waals surface area contributed by atoms with E-state index in [4.69, 9.17) is 0 Å². The first kappa shape index (κ1) is 14.4. The Morgan fingerprint density at radius 2 is 1.82 bits per heavy atom. The standard InChI is InChI=1S/C17H14N2O2S/c20-14-8-6-12(7-9-14)10-15-16(21)19-17(22-15)18-11-13-4-2-1-3-5-13/h1-10,20H,11H2,(H,18,19,21)/b15-10-. The SMILES string of the molecule is O=C1NC(=NCc2ccccc2)S/C1=C\c1ccc(O)cc1. The van der Waals surface area contributed by atoms with Crippen LogP contribution in [-0.4, -0.2) is 16.2 Å². The first-order valence-corrected chi connectivity index (χ1v) is 7.61. The van der Waals surface area contributed by atoms with Gasteiger partial charge < -0.3 is 10.4 Å². The van der Waals surface area contributed by atoms with Gasteiger partial charge in [-0.15, -0.1) is 0 Å². The number of aromatic hydroxyl groups is 1. The van der Waals surface area contributed by atoms with Crippen LogP contribution in [0.1, 0.15) is 11.1 Å². The van der Waals surface area contributed by atoms with Crippen LogP contribution < -0.4 is 5.32 Å². The van der Waals surface area contributed by atoms with Gasteiger partial charge in [0, 0.05) is 0 Å². The summed E-state index contributed by atoms with van der Waals surface area (Å²) in [6, 6.07) is 16.6. The van der Waals surface area contributed by atoms with Crippen molar-refractivity contribution in [1.82, 2.24) is 5.32 Å². The van der Waals surface area contributed by atoms with E-state index in [2.05, 4.69) is 10.3 Å². The number of phenols is 1. The summed E-state index contributed by atoms with van der Waals surface area (Å²) in [7, 11) is 0. The van der Waals surface area contributed by atoms with Crippen molar-refractivity contribution in [3.63, 3.8) is 0 Å². The molecule has 3 rings (SSSR count). The number of amides is 1. The molecule has 1 saturated heterocycles. The Hall–Kier alpha value is -2.53. The van der Waals surface area contributed by atoms with Crippen LogP contribution in [0.2, 0.25) is 0 Å². The van der Waals surface area contributed by atoms with Crippen LogP contribution in [0.4, 0.5) is 0 Å². The second kappa shape index (κ2) is 6.49. The van der Waals surface area contributed by atoms with Crippen molar-refractivity contribution in [1.29, 1.82) is 0 Å². The number of aliphatic imine (C=N–C) groups is 1. The third-order valence-corrected chi connectivity index (χ3v) is 4.04. The van der Waals surface area contributed by atoms with E-state index < -0.39 is 0 Å². The quantitative estimate of drug-likeness (QED) is 0.856. The zero-order valence-electron chi connectivity index (χ0n) is 11.7. The minimum absolute atomic E-state index is 0.148. The number of hydrogen-bond donors (Lipinski definition) is 2. The molecule has 22 heavy (non-hydrogen) atoms. The number of amidine groups is 1. The van der Waals surface area contributed by atoms with Crippen molar-refractivity contribution in [3.8, 4) is 5.75 Å². The van der Waals surface area contributed by atoms with E-state index >= 15 is 0 Å². The summed E-state index contributed by atoms with van der Waals surface area (Å²) in [5.41, 5.74) is 1.96. The highest BCUT2D eigenvalue weighted by Gasteiger charge is 2.23. The maximum Gasteiger partial charge on any atom is 0.264 e. The second-order valence-electron chi connectivity index (χ2n) is 4.76. The number of rotatable bonds is 3. The number of carbonyl (C=O) groups excluding carboxylic acids is 1. The van der Waals surface area contributed by atoms with Gasteiger partial charge in [0.1, 0.15) is 5.75 Å². The van der Waals surface area contributed by atoms with E-state index in [1.165, 1.54) is 11.8 Å². The van der Waals surface area contributed by atoms with E-state index in [0.717, 1.165) is 11.1 Å². The normalized spacial score (nSPS) is 17.9. The predicted octanol–water partition coefficient (Wildman–Crippen LogP) is 3.15. The summed E-state index contributed by atoms with van der Waals surface area (Å²) < 4.78 is 0. The van der Waals surface area contributed by atoms with Gasteiger partial charge in [0.25, 0.3) is 5.91 Å². The molecule has 2 aromatic rings. The molecular weight excluding hydrogens is 296 g/mol. The molecule has 1 aliphatic rings. The molecular formula is C17H14N2O2S. The summed E-state index contributed by atoms with van der Waals surface area (Å²) in [5, 5.41) is 12.6. The first-order chi connectivity index (χ1) is 10.7. The van der Waals surface area contributed by atoms with Crippen molar-refractivity contribution in [3.05, 3.63) is 70.6 Å². The maximum atomic E-state index is 11.9. The Morgan fingerprint density at radius 1 is 1.09 bits per heavy atom. The molecule has 0 radical (unpaired) electrons. The van der Waals surface area contributed by atoms with Gasteiger partial charge >= 0.3 is 0 Å². The van der Waals surface area contributed by atoms with Gasteiger partial charge in [-0.3, -0.25) is 9.79 Å². The topological polar surface area (TPSA) is 61.7 Å². The first-order valence-electron chi connectivity index (χ1n) is 6.79. The molecule has 5 heteroatoms. The summed E-state index contributed by atoms with van der Waals surface area (Å²) in [4.78, 5) is 16.9. The fraction of sp³-hybridized carbons (Fsp3) is 0.0588. The lowest BCUT2D eigenvalue weighted by Crippen LogP contribution is -2.19. The molecule has 1 heterocycles. The number of phenolic OH excluding ortho intramolecular Hbond substituents is 1. The van der Waals surface area contributed by atoms with Crippen LogP contribution in [0, 0.1) is 0 Å². The Labute approximate surface area is 132 Å². The van der Waals surface area contributed by atoms with E-state index in [1.54, 1.807) is 30.3 Å². The minimum atomic E-state index is -0.148. The molecule has 0 saturated carbocycles. The summed E-state index contributed by atoms with van der Waals surface area (Å²) in [6.45, 7) is 0.538. The number of nitrogens with one attached hydrogen (secondary N) is 1. The van der Waals surface area contributed by atoms with Crippen molar-refractivity contribution in [2.24, 2.45) is 4.99 Å². The lowest BCUT2D eigenvalue weighted by Gasteiger charge is -1.97. The average Bonchev–Trinajstić information content (AvgIpc) is 2.89. The third kappa shape index (κ3) is 3.56. The fourth-order valence-electron chi connectivity index (χ4n) is 1.97. The summed E-state index contributed by atoms with van der Waals surface area (Å²) in [5.74, 6) is 0.0562. The highest BCUT2D eigenvalue weighted by molar-refractivity contribution is 8.18. The summed E-state index contributed by atoms with van der Waals surface area (Å²) in [6.07, 6.45) is 1.78. The lowest BCUT2D eigenvalue weighted by atomic mass is 10.2. The van der Waals surface area contributed by atoms with Crippen LogP contribution in [0.3, 0.4) is 0 Å². The van der Waals surface area contributed by atoms with Crippen molar-refractivity contribution in [2.75, 3.05) is 0 Å². The average molecular weight is 310 g/mol. The van der Waals surface area contributed by atoms with Crippen molar-refractivity contribution < 1.29 is 9.90 Å². The Morgan fingerprint density at radius 3 is 2.55 bits per heavy atom. The van der Waals surface area contributed by atoms with Gasteiger partial charge in [-0.25, -0.2) is 0 Å². The molecule has 110 valence electrons. The van der Waals surface area contributed by atoms with Gasteiger partial charge in [0.2, 0.25) is 0 Å². The van der Waals surface area contributed by atoms with Crippen molar-refractivity contribution >= 4 is 28.9 Å².